The van der Waals surface area contributed by atoms with Crippen LogP contribution in [-0.4, -0.2) is 37.2 Å². The minimum atomic E-state index is -0.686. The lowest BCUT2D eigenvalue weighted by Gasteiger charge is -2.40. The summed E-state index contributed by atoms with van der Waals surface area (Å²) in [6.45, 7) is 4.26. The van der Waals surface area contributed by atoms with Crippen molar-refractivity contribution in [2.24, 2.45) is 11.7 Å². The fraction of sp³-hybridized carbons (Fsp3) is 0.846. The van der Waals surface area contributed by atoms with E-state index in [1.807, 2.05) is 0 Å². The molecule has 0 bridgehead atoms. The van der Waals surface area contributed by atoms with Gasteiger partial charge in [-0.15, -0.1) is 0 Å². The van der Waals surface area contributed by atoms with E-state index in [-0.39, 0.29) is 0 Å². The molecule has 1 saturated carbocycles. The molecule has 0 aromatic carbocycles. The van der Waals surface area contributed by atoms with E-state index >= 15 is 0 Å². The third-order valence-electron chi connectivity index (χ3n) is 3.82. The molecule has 1 fully saturated rings. The lowest BCUT2D eigenvalue weighted by Crippen LogP contribution is -2.50. The third-order valence-corrected chi connectivity index (χ3v) is 3.82. The van der Waals surface area contributed by atoms with Gasteiger partial charge in [-0.1, -0.05) is 6.92 Å². The minimum absolute atomic E-state index is 0.400. The number of nitrogens with one attached hydrogen (secondary N) is 2. The average Bonchev–Trinajstić information content (AvgIpc) is 2.41. The predicted molar refractivity (Wildman–Crippen MR) is 72.6 cm³/mol. The van der Waals surface area contributed by atoms with Gasteiger partial charge < -0.3 is 15.8 Å². The van der Waals surface area contributed by atoms with Crippen molar-refractivity contribution in [3.05, 3.63) is 0 Å². The van der Waals surface area contributed by atoms with Crippen molar-refractivity contribution in [2.75, 3.05) is 13.6 Å². The Bertz CT molecular complexity index is 325. The molecule has 6 nitrogen and oxygen atoms in total. The highest BCUT2D eigenvalue weighted by atomic mass is 16.5. The first kappa shape index (κ1) is 15.9. The van der Waals surface area contributed by atoms with Crippen LogP contribution in [0, 0.1) is 5.92 Å². The zero-order valence-corrected chi connectivity index (χ0v) is 12.0. The summed E-state index contributed by atoms with van der Waals surface area (Å²) >= 11 is 0. The lowest BCUT2D eigenvalue weighted by molar-refractivity contribution is -0.149. The van der Waals surface area contributed by atoms with Gasteiger partial charge in [0.25, 0.3) is 5.91 Å². The van der Waals surface area contributed by atoms with E-state index < -0.39 is 23.6 Å². The van der Waals surface area contributed by atoms with E-state index in [1.165, 1.54) is 7.05 Å². The van der Waals surface area contributed by atoms with E-state index in [9.17, 15) is 9.59 Å². The van der Waals surface area contributed by atoms with Gasteiger partial charge >= 0.3 is 6.03 Å². The number of imide groups is 1. The number of urea groups is 1. The predicted octanol–water partition coefficient (Wildman–Crippen LogP) is 0.755. The average molecular weight is 271 g/mol. The van der Waals surface area contributed by atoms with Crippen LogP contribution >= 0.6 is 0 Å². The van der Waals surface area contributed by atoms with Gasteiger partial charge in [0, 0.05) is 13.6 Å². The Kier molecular flexibility index (Phi) is 5.75. The maximum atomic E-state index is 11.8. The normalized spacial score (nSPS) is 28.5. The van der Waals surface area contributed by atoms with Crippen molar-refractivity contribution in [3.8, 4) is 0 Å². The number of carbonyl (C=O) groups is 2. The van der Waals surface area contributed by atoms with Crippen LogP contribution in [0.2, 0.25) is 0 Å². The molecule has 0 heterocycles. The summed E-state index contributed by atoms with van der Waals surface area (Å²) in [4.78, 5) is 22.9. The van der Waals surface area contributed by atoms with Crippen molar-refractivity contribution in [3.63, 3.8) is 0 Å². The molecular formula is C13H25N3O3. The van der Waals surface area contributed by atoms with Crippen molar-refractivity contribution < 1.29 is 14.3 Å². The SMILES string of the molecule is CNC(=O)NC(=O)C(C)OC1(CN)CCC(C)CC1. The van der Waals surface area contributed by atoms with Crippen LogP contribution in [0.1, 0.15) is 39.5 Å². The Labute approximate surface area is 114 Å². The zero-order valence-electron chi connectivity index (χ0n) is 12.0. The number of ether oxygens (including phenoxy) is 1. The van der Waals surface area contributed by atoms with Gasteiger partial charge in [-0.3, -0.25) is 10.1 Å². The van der Waals surface area contributed by atoms with Gasteiger partial charge in [0.1, 0.15) is 6.10 Å². The first-order valence-corrected chi connectivity index (χ1v) is 6.83. The van der Waals surface area contributed by atoms with Crippen molar-refractivity contribution >= 4 is 11.9 Å². The number of nitrogens with two attached hydrogens (primary N) is 1. The van der Waals surface area contributed by atoms with Crippen molar-refractivity contribution in [1.29, 1.82) is 0 Å². The summed E-state index contributed by atoms with van der Waals surface area (Å²) in [5.74, 6) is 0.240. The molecule has 0 radical (unpaired) electrons. The molecule has 19 heavy (non-hydrogen) atoms. The second-order valence-corrected chi connectivity index (χ2v) is 5.40. The molecule has 110 valence electrons. The van der Waals surface area contributed by atoms with Gasteiger partial charge in [-0.05, 0) is 38.5 Å². The summed E-state index contributed by atoms with van der Waals surface area (Å²) in [5.41, 5.74) is 5.40. The number of hydrogen-bond donors (Lipinski definition) is 3. The Morgan fingerprint density at radius 2 is 2.00 bits per heavy atom. The van der Waals surface area contributed by atoms with Crippen LogP contribution in [0.3, 0.4) is 0 Å². The van der Waals surface area contributed by atoms with E-state index in [4.69, 9.17) is 10.5 Å². The fourth-order valence-electron chi connectivity index (χ4n) is 2.36. The van der Waals surface area contributed by atoms with E-state index in [2.05, 4.69) is 17.6 Å². The summed E-state index contributed by atoms with van der Waals surface area (Å²) in [5, 5.41) is 4.55. The molecule has 0 aromatic heterocycles. The summed E-state index contributed by atoms with van der Waals surface area (Å²) < 4.78 is 5.87. The minimum Gasteiger partial charge on any atom is -0.361 e. The quantitative estimate of drug-likeness (QED) is 0.703. The fourth-order valence-corrected chi connectivity index (χ4v) is 2.36. The lowest BCUT2D eigenvalue weighted by atomic mass is 9.79. The smallest absolute Gasteiger partial charge is 0.321 e. The van der Waals surface area contributed by atoms with Gasteiger partial charge in [-0.25, -0.2) is 4.79 Å². The van der Waals surface area contributed by atoms with Gasteiger partial charge in [0.2, 0.25) is 0 Å². The topological polar surface area (TPSA) is 93.5 Å². The molecule has 6 heteroatoms. The maximum absolute atomic E-state index is 11.8. The molecule has 4 N–H and O–H groups in total. The van der Waals surface area contributed by atoms with Crippen LogP contribution < -0.4 is 16.4 Å². The Morgan fingerprint density at radius 3 is 2.47 bits per heavy atom. The van der Waals surface area contributed by atoms with Crippen molar-refractivity contribution in [1.82, 2.24) is 10.6 Å². The molecule has 1 atom stereocenters. The number of rotatable bonds is 4. The Balaban J connectivity index is 2.55. The third kappa shape index (κ3) is 4.47. The molecule has 1 aliphatic rings. The molecule has 0 aromatic rings. The largest absolute Gasteiger partial charge is 0.361 e. The number of amides is 3. The van der Waals surface area contributed by atoms with Crippen LogP contribution in [-0.2, 0) is 9.53 Å². The summed E-state index contributed by atoms with van der Waals surface area (Å²) in [6.07, 6.45) is 3.15. The zero-order chi connectivity index (χ0) is 14.5. The highest BCUT2D eigenvalue weighted by Gasteiger charge is 2.36. The second-order valence-electron chi connectivity index (χ2n) is 5.40. The maximum Gasteiger partial charge on any atom is 0.321 e. The Morgan fingerprint density at radius 1 is 1.42 bits per heavy atom. The first-order valence-electron chi connectivity index (χ1n) is 6.83. The second kappa shape index (κ2) is 6.86. The van der Waals surface area contributed by atoms with Gasteiger partial charge in [-0.2, -0.15) is 0 Å². The summed E-state index contributed by atoms with van der Waals surface area (Å²) in [7, 11) is 1.46. The molecular weight excluding hydrogens is 246 g/mol. The molecule has 3 amide bonds. The van der Waals surface area contributed by atoms with Gasteiger partial charge in [0.05, 0.1) is 5.60 Å². The molecule has 1 unspecified atom stereocenters. The van der Waals surface area contributed by atoms with Crippen LogP contribution in [0.5, 0.6) is 0 Å². The monoisotopic (exact) mass is 271 g/mol. The van der Waals surface area contributed by atoms with E-state index in [0.717, 1.165) is 25.7 Å². The number of hydrogen-bond acceptors (Lipinski definition) is 4. The highest BCUT2D eigenvalue weighted by molar-refractivity contribution is 5.96. The van der Waals surface area contributed by atoms with Crippen LogP contribution in [0.25, 0.3) is 0 Å². The molecule has 0 saturated heterocycles. The van der Waals surface area contributed by atoms with Crippen LogP contribution in [0.15, 0.2) is 0 Å². The highest BCUT2D eigenvalue weighted by Crippen LogP contribution is 2.34. The molecule has 0 aliphatic heterocycles. The van der Waals surface area contributed by atoms with Gasteiger partial charge in [0.15, 0.2) is 0 Å². The van der Waals surface area contributed by atoms with E-state index in [1.54, 1.807) is 6.92 Å². The standard InChI is InChI=1S/C13H25N3O3/c1-9-4-6-13(8-14,7-5-9)19-10(2)11(17)16-12(18)15-3/h9-10H,4-8,14H2,1-3H3,(H2,15,16,17,18). The molecule has 1 rings (SSSR count). The summed E-state index contributed by atoms with van der Waals surface area (Å²) in [6, 6.07) is -0.528. The van der Waals surface area contributed by atoms with E-state index in [0.29, 0.717) is 12.5 Å². The Hall–Kier alpha value is -1.14. The first-order chi connectivity index (χ1) is 8.92. The molecule has 0 spiro atoms. The van der Waals surface area contributed by atoms with Crippen LogP contribution in [0.4, 0.5) is 4.79 Å². The van der Waals surface area contributed by atoms with Crippen molar-refractivity contribution in [2.45, 2.75) is 51.2 Å². The molecule has 1 aliphatic carbocycles. The number of carbonyl (C=O) groups excluding carboxylic acids is 2.